The van der Waals surface area contributed by atoms with Gasteiger partial charge < -0.3 is 0 Å². The molecule has 4 rings (SSSR count). The van der Waals surface area contributed by atoms with Crippen molar-refractivity contribution in [2.24, 2.45) is 0 Å². The van der Waals surface area contributed by atoms with E-state index in [9.17, 15) is 4.39 Å². The summed E-state index contributed by atoms with van der Waals surface area (Å²) in [5.41, 5.74) is 9.21. The van der Waals surface area contributed by atoms with Crippen molar-refractivity contribution in [3.63, 3.8) is 0 Å². The third kappa shape index (κ3) is 2.89. The van der Waals surface area contributed by atoms with Crippen LogP contribution in [0.15, 0.2) is 54.6 Å². The minimum Gasteiger partial charge on any atom is -0.206 e. The highest BCUT2D eigenvalue weighted by Crippen LogP contribution is 2.50. The van der Waals surface area contributed by atoms with Crippen molar-refractivity contribution in [3.05, 3.63) is 82.7 Å². The molecule has 28 heavy (non-hydrogen) atoms. The van der Waals surface area contributed by atoms with Crippen LogP contribution in [0.2, 0.25) is 0 Å². The van der Waals surface area contributed by atoms with E-state index in [0.717, 1.165) is 11.1 Å². The Morgan fingerprint density at radius 1 is 0.643 bits per heavy atom. The zero-order valence-corrected chi connectivity index (χ0v) is 17.7. The zero-order valence-electron chi connectivity index (χ0n) is 17.7. The van der Waals surface area contributed by atoms with E-state index < -0.39 is 0 Å². The number of benzene rings is 3. The molecule has 1 heteroatoms. The Kier molecular flexibility index (Phi) is 4.45. The van der Waals surface area contributed by atoms with Crippen LogP contribution < -0.4 is 0 Å². The summed E-state index contributed by atoms with van der Waals surface area (Å²) in [6.07, 6.45) is 0. The van der Waals surface area contributed by atoms with Gasteiger partial charge in [0.1, 0.15) is 5.82 Å². The highest BCUT2D eigenvalue weighted by molar-refractivity contribution is 5.84. The van der Waals surface area contributed by atoms with E-state index in [4.69, 9.17) is 0 Å². The number of hydrogen-bond donors (Lipinski definition) is 0. The quantitative estimate of drug-likeness (QED) is 0.436. The summed E-state index contributed by atoms with van der Waals surface area (Å²) in [5, 5.41) is 0. The van der Waals surface area contributed by atoms with Crippen molar-refractivity contribution >= 4 is 0 Å². The first kappa shape index (κ1) is 18.9. The molecule has 0 saturated carbocycles. The molecule has 0 N–H and O–H groups in total. The van der Waals surface area contributed by atoms with Crippen LogP contribution in [0.5, 0.6) is 0 Å². The van der Waals surface area contributed by atoms with Gasteiger partial charge in [-0.1, -0.05) is 84.0 Å². The molecule has 0 atom stereocenters. The van der Waals surface area contributed by atoms with Crippen molar-refractivity contribution in [1.82, 2.24) is 0 Å². The zero-order chi connectivity index (χ0) is 20.2. The molecule has 0 bridgehead atoms. The molecule has 3 aromatic carbocycles. The topological polar surface area (TPSA) is 0 Å². The van der Waals surface area contributed by atoms with Gasteiger partial charge in [0.05, 0.1) is 0 Å². The van der Waals surface area contributed by atoms with Crippen LogP contribution in [0.4, 0.5) is 4.39 Å². The first-order valence-electron chi connectivity index (χ1n) is 10.3. The van der Waals surface area contributed by atoms with E-state index in [1.807, 2.05) is 12.1 Å². The SMILES string of the molecule is CC(C)c1ccc(-c2ccc3c(c2)C(C)(C)c2cc(C(C)C)ccc2-3)c(F)c1. The molecule has 0 heterocycles. The standard InChI is InChI=1S/C27H29F/c1-16(2)18-8-11-22-23-12-9-20(14-25(23)27(5,6)24(22)13-18)21-10-7-19(17(3)4)15-26(21)28/h7-17H,1-6H3. The van der Waals surface area contributed by atoms with E-state index in [0.29, 0.717) is 17.4 Å². The predicted molar refractivity (Wildman–Crippen MR) is 118 cm³/mol. The number of rotatable bonds is 3. The molecule has 0 unspecified atom stereocenters. The molecule has 0 radical (unpaired) electrons. The third-order valence-electron chi connectivity index (χ3n) is 6.34. The lowest BCUT2D eigenvalue weighted by atomic mass is 9.80. The van der Waals surface area contributed by atoms with Gasteiger partial charge in [0.15, 0.2) is 0 Å². The third-order valence-corrected chi connectivity index (χ3v) is 6.34. The summed E-state index contributed by atoms with van der Waals surface area (Å²) in [4.78, 5) is 0. The average Bonchev–Trinajstić information content (AvgIpc) is 2.88. The average molecular weight is 373 g/mol. The van der Waals surface area contributed by atoms with Crippen LogP contribution in [-0.4, -0.2) is 0 Å². The van der Waals surface area contributed by atoms with Gasteiger partial charge in [0.2, 0.25) is 0 Å². The van der Waals surface area contributed by atoms with Crippen LogP contribution in [0, 0.1) is 5.82 Å². The minimum absolute atomic E-state index is 0.0834. The summed E-state index contributed by atoms with van der Waals surface area (Å²) in [7, 11) is 0. The fourth-order valence-corrected chi connectivity index (χ4v) is 4.41. The predicted octanol–water partition coefficient (Wildman–Crippen LogP) is 8.05. The molecule has 0 fully saturated rings. The monoisotopic (exact) mass is 372 g/mol. The van der Waals surface area contributed by atoms with Gasteiger partial charge in [-0.2, -0.15) is 0 Å². The number of fused-ring (bicyclic) bond motifs is 3. The Morgan fingerprint density at radius 3 is 1.71 bits per heavy atom. The summed E-state index contributed by atoms with van der Waals surface area (Å²) in [5.74, 6) is 0.697. The smallest absolute Gasteiger partial charge is 0.131 e. The van der Waals surface area contributed by atoms with Crippen LogP contribution in [-0.2, 0) is 5.41 Å². The molecule has 0 amide bonds. The fourth-order valence-electron chi connectivity index (χ4n) is 4.41. The molecule has 0 saturated heterocycles. The molecule has 144 valence electrons. The second-order valence-corrected chi connectivity index (χ2v) is 9.24. The largest absolute Gasteiger partial charge is 0.206 e. The maximum atomic E-state index is 14.8. The highest BCUT2D eigenvalue weighted by Gasteiger charge is 2.36. The van der Waals surface area contributed by atoms with Crippen molar-refractivity contribution < 1.29 is 4.39 Å². The molecule has 1 aliphatic carbocycles. The molecule has 1 aliphatic rings. The lowest BCUT2D eigenvalue weighted by Crippen LogP contribution is -2.15. The van der Waals surface area contributed by atoms with E-state index >= 15 is 0 Å². The lowest BCUT2D eigenvalue weighted by molar-refractivity contribution is 0.626. The minimum atomic E-state index is -0.137. The van der Waals surface area contributed by atoms with Crippen molar-refractivity contribution in [2.45, 2.75) is 58.8 Å². The van der Waals surface area contributed by atoms with E-state index in [1.165, 1.54) is 27.8 Å². The molecule has 0 nitrogen and oxygen atoms in total. The van der Waals surface area contributed by atoms with Crippen LogP contribution >= 0.6 is 0 Å². The Labute approximate surface area is 168 Å². The van der Waals surface area contributed by atoms with Gasteiger partial charge in [-0.05, 0) is 62.9 Å². The molecular formula is C27H29F. The van der Waals surface area contributed by atoms with Crippen LogP contribution in [0.1, 0.15) is 75.6 Å². The highest BCUT2D eigenvalue weighted by atomic mass is 19.1. The van der Waals surface area contributed by atoms with Gasteiger partial charge in [0.25, 0.3) is 0 Å². The van der Waals surface area contributed by atoms with Crippen LogP contribution in [0.3, 0.4) is 0 Å². The molecule has 3 aromatic rings. The maximum Gasteiger partial charge on any atom is 0.131 e. The maximum absolute atomic E-state index is 14.8. The molecule has 0 aliphatic heterocycles. The molecule has 0 aromatic heterocycles. The van der Waals surface area contributed by atoms with E-state index in [1.54, 1.807) is 6.07 Å². The first-order valence-corrected chi connectivity index (χ1v) is 10.3. The Bertz CT molecular complexity index is 1050. The number of hydrogen-bond acceptors (Lipinski definition) is 0. The fraction of sp³-hybridized carbons (Fsp3) is 0.333. The second-order valence-electron chi connectivity index (χ2n) is 9.24. The Balaban J connectivity index is 1.83. The summed E-state index contributed by atoms with van der Waals surface area (Å²) < 4.78 is 14.8. The second kappa shape index (κ2) is 6.58. The lowest BCUT2D eigenvalue weighted by Gasteiger charge is -2.23. The number of halogens is 1. The van der Waals surface area contributed by atoms with Crippen LogP contribution in [0.25, 0.3) is 22.3 Å². The van der Waals surface area contributed by atoms with Gasteiger partial charge in [-0.3, -0.25) is 0 Å². The summed E-state index contributed by atoms with van der Waals surface area (Å²) in [6, 6.07) is 18.9. The van der Waals surface area contributed by atoms with Gasteiger partial charge in [-0.25, -0.2) is 4.39 Å². The van der Waals surface area contributed by atoms with Gasteiger partial charge >= 0.3 is 0 Å². The van der Waals surface area contributed by atoms with Crippen molar-refractivity contribution in [3.8, 4) is 22.3 Å². The Hall–Kier alpha value is -2.41. The first-order chi connectivity index (χ1) is 13.2. The normalized spacial score (nSPS) is 14.5. The van der Waals surface area contributed by atoms with Crippen molar-refractivity contribution in [2.75, 3.05) is 0 Å². The molecule has 0 spiro atoms. The summed E-state index contributed by atoms with van der Waals surface area (Å²) in [6.45, 7) is 13.2. The molecular weight excluding hydrogens is 343 g/mol. The summed E-state index contributed by atoms with van der Waals surface area (Å²) >= 11 is 0. The van der Waals surface area contributed by atoms with E-state index in [2.05, 4.69) is 77.9 Å². The Morgan fingerprint density at radius 2 is 1.14 bits per heavy atom. The van der Waals surface area contributed by atoms with Gasteiger partial charge in [-0.15, -0.1) is 0 Å². The van der Waals surface area contributed by atoms with Crippen molar-refractivity contribution in [1.29, 1.82) is 0 Å². The van der Waals surface area contributed by atoms with E-state index in [-0.39, 0.29) is 11.2 Å². The van der Waals surface area contributed by atoms with Gasteiger partial charge in [0, 0.05) is 11.0 Å².